The molecular weight excluding hydrogens is 316 g/mol. The van der Waals surface area contributed by atoms with Crippen LogP contribution in [0.3, 0.4) is 0 Å². The predicted molar refractivity (Wildman–Crippen MR) is 87.2 cm³/mol. The summed E-state index contributed by atoms with van der Waals surface area (Å²) < 4.78 is 0. The van der Waals surface area contributed by atoms with Gasteiger partial charge in [-0.05, 0) is 24.1 Å². The Morgan fingerprint density at radius 2 is 1.83 bits per heavy atom. The Kier molecular flexibility index (Phi) is 8.34. The highest BCUT2D eigenvalue weighted by Crippen LogP contribution is 2.11. The first kappa shape index (κ1) is 20.0. The van der Waals surface area contributed by atoms with E-state index >= 15 is 0 Å². The fraction of sp³-hybridized carbons (Fsp3) is 0.500. The number of nitrogens with one attached hydrogen (secondary N) is 1. The lowest BCUT2D eigenvalue weighted by atomic mass is 10.0. The molecule has 0 aliphatic heterocycles. The molecule has 0 heterocycles. The van der Waals surface area contributed by atoms with E-state index in [9.17, 15) is 24.9 Å². The molecular formula is C16H24N2O6. The molecule has 134 valence electrons. The standard InChI is InChI=1S/C16H24N2O6/c1-18(9-14(22)16(24)13(21)6-7-19)15(23)8-11-2-4-12(5-3-11)17-10-20/h2-5,10,13-14,16,19,21-22,24H,6-9H2,1H3,(H,17,20)/t13-,14+,16+/m1/s1. The van der Waals surface area contributed by atoms with Crippen molar-refractivity contribution in [1.82, 2.24) is 4.90 Å². The van der Waals surface area contributed by atoms with Crippen LogP contribution in [0.2, 0.25) is 0 Å². The maximum atomic E-state index is 12.1. The normalized spacial score (nSPS) is 14.5. The number of benzene rings is 1. The van der Waals surface area contributed by atoms with Crippen molar-refractivity contribution in [3.63, 3.8) is 0 Å². The smallest absolute Gasteiger partial charge is 0.226 e. The van der Waals surface area contributed by atoms with E-state index in [1.54, 1.807) is 24.3 Å². The second-order valence-corrected chi connectivity index (χ2v) is 5.55. The topological polar surface area (TPSA) is 130 Å². The average molecular weight is 340 g/mol. The molecule has 0 radical (unpaired) electrons. The monoisotopic (exact) mass is 340 g/mol. The van der Waals surface area contributed by atoms with Gasteiger partial charge < -0.3 is 30.6 Å². The fourth-order valence-corrected chi connectivity index (χ4v) is 2.15. The second kappa shape index (κ2) is 9.99. The van der Waals surface area contributed by atoms with Crippen LogP contribution in [0, 0.1) is 0 Å². The van der Waals surface area contributed by atoms with Gasteiger partial charge in [-0.15, -0.1) is 0 Å². The number of carbonyl (C=O) groups excluding carboxylic acids is 2. The molecule has 0 bridgehead atoms. The first-order chi connectivity index (χ1) is 11.4. The van der Waals surface area contributed by atoms with Crippen LogP contribution in [-0.2, 0) is 16.0 Å². The van der Waals surface area contributed by atoms with Crippen LogP contribution in [0.5, 0.6) is 0 Å². The maximum absolute atomic E-state index is 12.1. The zero-order valence-electron chi connectivity index (χ0n) is 13.5. The summed E-state index contributed by atoms with van der Waals surface area (Å²) in [4.78, 5) is 23.7. The summed E-state index contributed by atoms with van der Waals surface area (Å²) in [6.07, 6.45) is -3.42. The summed E-state index contributed by atoms with van der Waals surface area (Å²) in [5.74, 6) is -0.269. The van der Waals surface area contributed by atoms with Crippen LogP contribution < -0.4 is 5.32 Å². The summed E-state index contributed by atoms with van der Waals surface area (Å²) in [5, 5.41) is 40.3. The van der Waals surface area contributed by atoms with E-state index in [4.69, 9.17) is 5.11 Å². The summed E-state index contributed by atoms with van der Waals surface area (Å²) in [5.41, 5.74) is 1.35. The number of likely N-dealkylation sites (N-methyl/N-ethyl adjacent to an activating group) is 1. The highest BCUT2D eigenvalue weighted by atomic mass is 16.4. The van der Waals surface area contributed by atoms with E-state index < -0.39 is 18.3 Å². The third-order valence-electron chi connectivity index (χ3n) is 3.63. The van der Waals surface area contributed by atoms with Crippen molar-refractivity contribution < 1.29 is 30.0 Å². The van der Waals surface area contributed by atoms with Crippen LogP contribution >= 0.6 is 0 Å². The second-order valence-electron chi connectivity index (χ2n) is 5.55. The summed E-state index contributed by atoms with van der Waals surface area (Å²) in [7, 11) is 1.49. The van der Waals surface area contributed by atoms with Gasteiger partial charge in [0.15, 0.2) is 0 Å². The lowest BCUT2D eigenvalue weighted by Crippen LogP contribution is -2.45. The van der Waals surface area contributed by atoms with Crippen LogP contribution in [0.25, 0.3) is 0 Å². The Bertz CT molecular complexity index is 522. The van der Waals surface area contributed by atoms with Crippen LogP contribution in [0.4, 0.5) is 5.69 Å². The van der Waals surface area contributed by atoms with E-state index in [0.717, 1.165) is 5.56 Å². The van der Waals surface area contributed by atoms with E-state index in [-0.39, 0.29) is 31.9 Å². The first-order valence-corrected chi connectivity index (χ1v) is 7.57. The number of hydrogen-bond acceptors (Lipinski definition) is 6. The van der Waals surface area contributed by atoms with Gasteiger partial charge in [-0.25, -0.2) is 0 Å². The molecule has 8 nitrogen and oxygen atoms in total. The molecule has 5 N–H and O–H groups in total. The number of aliphatic hydroxyl groups is 4. The van der Waals surface area contributed by atoms with Crippen LogP contribution in [0.15, 0.2) is 24.3 Å². The highest BCUT2D eigenvalue weighted by Gasteiger charge is 2.26. The van der Waals surface area contributed by atoms with Crippen molar-refractivity contribution in [2.45, 2.75) is 31.2 Å². The molecule has 0 aliphatic rings. The van der Waals surface area contributed by atoms with Gasteiger partial charge in [-0.1, -0.05) is 12.1 Å². The SMILES string of the molecule is CN(C[C@H](O)[C@@H](O)[C@H](O)CCO)C(=O)Cc1ccc(NC=O)cc1. The van der Waals surface area contributed by atoms with E-state index in [1.165, 1.54) is 11.9 Å². The molecule has 24 heavy (non-hydrogen) atoms. The number of carbonyl (C=O) groups is 2. The van der Waals surface area contributed by atoms with Gasteiger partial charge in [-0.2, -0.15) is 0 Å². The fourth-order valence-electron chi connectivity index (χ4n) is 2.15. The Morgan fingerprint density at radius 3 is 2.38 bits per heavy atom. The summed E-state index contributed by atoms with van der Waals surface area (Å²) in [6.45, 7) is -0.456. The molecule has 1 aromatic carbocycles. The minimum absolute atomic E-state index is 0.0585. The lowest BCUT2D eigenvalue weighted by Gasteiger charge is -2.26. The number of hydrogen-bond donors (Lipinski definition) is 5. The number of anilines is 1. The molecule has 3 atom stereocenters. The zero-order chi connectivity index (χ0) is 18.1. The molecule has 1 aromatic rings. The molecule has 0 saturated carbocycles. The Hall–Kier alpha value is -2.00. The van der Waals surface area contributed by atoms with E-state index in [2.05, 4.69) is 5.32 Å². The zero-order valence-corrected chi connectivity index (χ0v) is 13.5. The Labute approximate surface area is 140 Å². The van der Waals surface area contributed by atoms with Crippen molar-refractivity contribution in [3.8, 4) is 0 Å². The largest absolute Gasteiger partial charge is 0.396 e. The minimum atomic E-state index is -1.44. The van der Waals surface area contributed by atoms with Gasteiger partial charge in [-0.3, -0.25) is 9.59 Å². The molecule has 8 heteroatoms. The van der Waals surface area contributed by atoms with Gasteiger partial charge >= 0.3 is 0 Å². The minimum Gasteiger partial charge on any atom is -0.396 e. The molecule has 1 rings (SSSR count). The van der Waals surface area contributed by atoms with Gasteiger partial charge in [0.05, 0.1) is 18.6 Å². The first-order valence-electron chi connectivity index (χ1n) is 7.57. The molecule has 0 unspecified atom stereocenters. The molecule has 0 aliphatic carbocycles. The van der Waals surface area contributed by atoms with Gasteiger partial charge in [0.1, 0.15) is 6.10 Å². The predicted octanol–water partition coefficient (Wildman–Crippen LogP) is -1.28. The van der Waals surface area contributed by atoms with Crippen molar-refractivity contribution in [2.24, 2.45) is 0 Å². The number of amides is 2. The van der Waals surface area contributed by atoms with Gasteiger partial charge in [0.2, 0.25) is 12.3 Å². The quantitative estimate of drug-likeness (QED) is 0.337. The third kappa shape index (κ3) is 6.25. The molecule has 0 spiro atoms. The molecule has 2 amide bonds. The third-order valence-corrected chi connectivity index (χ3v) is 3.63. The molecule has 0 aromatic heterocycles. The van der Waals surface area contributed by atoms with Crippen molar-refractivity contribution in [1.29, 1.82) is 0 Å². The molecule has 0 saturated heterocycles. The summed E-state index contributed by atoms with van der Waals surface area (Å²) in [6, 6.07) is 6.74. The summed E-state index contributed by atoms with van der Waals surface area (Å²) >= 11 is 0. The number of rotatable bonds is 10. The van der Waals surface area contributed by atoms with Crippen molar-refractivity contribution in [3.05, 3.63) is 29.8 Å². The van der Waals surface area contributed by atoms with E-state index in [1.807, 2.05) is 0 Å². The highest BCUT2D eigenvalue weighted by molar-refractivity contribution is 5.79. The number of nitrogens with zero attached hydrogens (tertiary/aromatic N) is 1. The van der Waals surface area contributed by atoms with Crippen LogP contribution in [0.1, 0.15) is 12.0 Å². The van der Waals surface area contributed by atoms with Gasteiger partial charge in [0.25, 0.3) is 0 Å². The lowest BCUT2D eigenvalue weighted by molar-refractivity contribution is -0.133. The average Bonchev–Trinajstić information content (AvgIpc) is 2.56. The Morgan fingerprint density at radius 1 is 1.21 bits per heavy atom. The van der Waals surface area contributed by atoms with Crippen LogP contribution in [-0.4, -0.2) is 76.2 Å². The number of aliphatic hydroxyl groups excluding tert-OH is 4. The van der Waals surface area contributed by atoms with Gasteiger partial charge in [0, 0.05) is 25.9 Å². The van der Waals surface area contributed by atoms with Crippen molar-refractivity contribution >= 4 is 18.0 Å². The maximum Gasteiger partial charge on any atom is 0.226 e. The van der Waals surface area contributed by atoms with Crippen molar-refractivity contribution in [2.75, 3.05) is 25.5 Å². The Balaban J connectivity index is 2.53. The van der Waals surface area contributed by atoms with E-state index in [0.29, 0.717) is 12.1 Å². The molecule has 0 fully saturated rings.